The SMILES string of the molecule is O=C(NC1CCCC1)C(c1ccncc1)N(Cc1ccccc1Cl)C(=O)c1ccco1. The number of halogens is 1. The Hall–Kier alpha value is -3.12. The molecule has 1 unspecified atom stereocenters. The van der Waals surface area contributed by atoms with E-state index in [4.69, 9.17) is 16.0 Å². The Morgan fingerprint density at radius 3 is 2.52 bits per heavy atom. The predicted molar refractivity (Wildman–Crippen MR) is 117 cm³/mol. The number of benzene rings is 1. The van der Waals surface area contributed by atoms with Crippen LogP contribution >= 0.6 is 11.6 Å². The minimum atomic E-state index is -0.850. The van der Waals surface area contributed by atoms with Crippen LogP contribution in [0.4, 0.5) is 0 Å². The highest BCUT2D eigenvalue weighted by Gasteiger charge is 2.35. The van der Waals surface area contributed by atoms with Crippen molar-refractivity contribution in [1.82, 2.24) is 15.2 Å². The first kappa shape index (κ1) is 21.1. The number of amides is 2. The summed E-state index contributed by atoms with van der Waals surface area (Å²) in [4.78, 5) is 32.6. The Labute approximate surface area is 186 Å². The van der Waals surface area contributed by atoms with Gasteiger partial charge in [-0.2, -0.15) is 0 Å². The molecular formula is C24H24ClN3O3. The Morgan fingerprint density at radius 2 is 1.84 bits per heavy atom. The van der Waals surface area contributed by atoms with Crippen LogP contribution < -0.4 is 5.32 Å². The lowest BCUT2D eigenvalue weighted by Gasteiger charge is -2.32. The molecule has 1 aliphatic carbocycles. The molecule has 7 heteroatoms. The first-order chi connectivity index (χ1) is 15.1. The average Bonchev–Trinajstić information content (AvgIpc) is 3.49. The zero-order chi connectivity index (χ0) is 21.6. The number of pyridine rings is 1. The Balaban J connectivity index is 1.73. The van der Waals surface area contributed by atoms with E-state index in [9.17, 15) is 9.59 Å². The van der Waals surface area contributed by atoms with Crippen LogP contribution in [-0.4, -0.2) is 27.7 Å². The molecule has 2 amide bonds. The standard InChI is InChI=1S/C24H24ClN3O3/c25-20-9-4-1-6-18(20)16-28(24(30)21-10-5-15-31-21)22(17-11-13-26-14-12-17)23(29)27-19-7-2-3-8-19/h1,4-6,9-15,19,22H,2-3,7-8,16H2,(H,27,29). The van der Waals surface area contributed by atoms with Crippen LogP contribution in [0, 0.1) is 0 Å². The van der Waals surface area contributed by atoms with E-state index in [0.29, 0.717) is 10.6 Å². The maximum atomic E-state index is 13.5. The van der Waals surface area contributed by atoms with E-state index in [0.717, 1.165) is 31.2 Å². The fourth-order valence-corrected chi connectivity index (χ4v) is 4.20. The van der Waals surface area contributed by atoms with E-state index in [1.54, 1.807) is 42.7 Å². The Bertz CT molecular complexity index is 1020. The minimum absolute atomic E-state index is 0.123. The number of carbonyl (C=O) groups is 2. The van der Waals surface area contributed by atoms with E-state index in [1.807, 2.05) is 18.2 Å². The molecule has 2 aromatic heterocycles. The molecule has 2 heterocycles. The average molecular weight is 438 g/mol. The zero-order valence-corrected chi connectivity index (χ0v) is 17.8. The van der Waals surface area contributed by atoms with Gasteiger partial charge in [0.15, 0.2) is 5.76 Å². The summed E-state index contributed by atoms with van der Waals surface area (Å²) < 4.78 is 5.38. The van der Waals surface area contributed by atoms with Gasteiger partial charge in [-0.25, -0.2) is 0 Å². The van der Waals surface area contributed by atoms with Crippen LogP contribution in [-0.2, 0) is 11.3 Å². The number of nitrogens with one attached hydrogen (secondary N) is 1. The highest BCUT2D eigenvalue weighted by atomic mass is 35.5. The van der Waals surface area contributed by atoms with Crippen molar-refractivity contribution in [2.45, 2.75) is 44.3 Å². The molecule has 0 saturated heterocycles. The fraction of sp³-hybridized carbons (Fsp3) is 0.292. The van der Waals surface area contributed by atoms with Crippen molar-refractivity contribution in [3.8, 4) is 0 Å². The third kappa shape index (κ3) is 4.97. The third-order valence-corrected chi connectivity index (χ3v) is 5.94. The second kappa shape index (κ2) is 9.79. The maximum Gasteiger partial charge on any atom is 0.290 e. The summed E-state index contributed by atoms with van der Waals surface area (Å²) in [7, 11) is 0. The fourth-order valence-electron chi connectivity index (χ4n) is 4.00. The number of hydrogen-bond donors (Lipinski definition) is 1. The van der Waals surface area contributed by atoms with Gasteiger partial charge in [-0.3, -0.25) is 14.6 Å². The summed E-state index contributed by atoms with van der Waals surface area (Å²) in [5, 5.41) is 3.67. The lowest BCUT2D eigenvalue weighted by molar-refractivity contribution is -0.126. The Morgan fingerprint density at radius 1 is 1.10 bits per heavy atom. The van der Waals surface area contributed by atoms with E-state index >= 15 is 0 Å². The molecular weight excluding hydrogens is 414 g/mol. The molecule has 0 spiro atoms. The van der Waals surface area contributed by atoms with Gasteiger partial charge in [0.1, 0.15) is 6.04 Å². The smallest absolute Gasteiger partial charge is 0.290 e. The molecule has 1 aliphatic rings. The summed E-state index contributed by atoms with van der Waals surface area (Å²) in [6, 6.07) is 13.4. The van der Waals surface area contributed by atoms with Gasteiger partial charge in [-0.05, 0) is 54.3 Å². The van der Waals surface area contributed by atoms with Crippen molar-refractivity contribution in [1.29, 1.82) is 0 Å². The molecule has 0 radical (unpaired) electrons. The van der Waals surface area contributed by atoms with Crippen molar-refractivity contribution in [2.24, 2.45) is 0 Å². The van der Waals surface area contributed by atoms with E-state index in [-0.39, 0.29) is 30.2 Å². The second-order valence-electron chi connectivity index (χ2n) is 7.67. The quantitative estimate of drug-likeness (QED) is 0.577. The van der Waals surface area contributed by atoms with E-state index in [2.05, 4.69) is 10.3 Å². The molecule has 0 bridgehead atoms. The van der Waals surface area contributed by atoms with Crippen LogP contribution in [0.5, 0.6) is 0 Å². The molecule has 1 fully saturated rings. The lowest BCUT2D eigenvalue weighted by atomic mass is 10.0. The first-order valence-electron chi connectivity index (χ1n) is 10.4. The van der Waals surface area contributed by atoms with Gasteiger partial charge >= 0.3 is 0 Å². The number of hydrogen-bond acceptors (Lipinski definition) is 4. The summed E-state index contributed by atoms with van der Waals surface area (Å²) in [5.41, 5.74) is 1.43. The molecule has 1 saturated carbocycles. The van der Waals surface area contributed by atoms with Crippen molar-refractivity contribution >= 4 is 23.4 Å². The first-order valence-corrected chi connectivity index (χ1v) is 10.8. The van der Waals surface area contributed by atoms with Crippen LogP contribution in [0.15, 0.2) is 71.6 Å². The van der Waals surface area contributed by atoms with E-state index < -0.39 is 6.04 Å². The van der Waals surface area contributed by atoms with Gasteiger partial charge in [-0.1, -0.05) is 42.6 Å². The molecule has 1 N–H and O–H groups in total. The molecule has 4 rings (SSSR count). The number of carbonyl (C=O) groups excluding carboxylic acids is 2. The normalized spacial score (nSPS) is 14.9. The number of aromatic nitrogens is 1. The third-order valence-electron chi connectivity index (χ3n) is 5.57. The van der Waals surface area contributed by atoms with Gasteiger partial charge < -0.3 is 14.6 Å². The highest BCUT2D eigenvalue weighted by molar-refractivity contribution is 6.31. The van der Waals surface area contributed by atoms with E-state index in [1.165, 1.54) is 11.2 Å². The second-order valence-corrected chi connectivity index (χ2v) is 8.08. The van der Waals surface area contributed by atoms with Gasteiger partial charge in [0, 0.05) is 30.0 Å². The largest absolute Gasteiger partial charge is 0.459 e. The molecule has 1 atom stereocenters. The van der Waals surface area contributed by atoms with Crippen LogP contribution in [0.25, 0.3) is 0 Å². The number of rotatable bonds is 7. The highest BCUT2D eigenvalue weighted by Crippen LogP contribution is 2.29. The van der Waals surface area contributed by atoms with Gasteiger partial charge in [-0.15, -0.1) is 0 Å². The number of nitrogens with zero attached hydrogens (tertiary/aromatic N) is 2. The van der Waals surface area contributed by atoms with Gasteiger partial charge in [0.05, 0.1) is 6.26 Å². The molecule has 3 aromatic rings. The minimum Gasteiger partial charge on any atom is -0.459 e. The van der Waals surface area contributed by atoms with Crippen molar-refractivity contribution in [3.63, 3.8) is 0 Å². The molecule has 160 valence electrons. The number of furan rings is 1. The molecule has 0 aliphatic heterocycles. The van der Waals surface area contributed by atoms with Crippen molar-refractivity contribution in [2.75, 3.05) is 0 Å². The van der Waals surface area contributed by atoms with Gasteiger partial charge in [0.2, 0.25) is 5.91 Å². The van der Waals surface area contributed by atoms with Crippen molar-refractivity contribution in [3.05, 3.63) is 89.1 Å². The summed E-state index contributed by atoms with van der Waals surface area (Å²) in [5.74, 6) is -0.432. The summed E-state index contributed by atoms with van der Waals surface area (Å²) in [6.07, 6.45) is 8.78. The topological polar surface area (TPSA) is 75.4 Å². The van der Waals surface area contributed by atoms with Gasteiger partial charge in [0.25, 0.3) is 5.91 Å². The Kier molecular flexibility index (Phi) is 6.67. The molecule has 31 heavy (non-hydrogen) atoms. The van der Waals surface area contributed by atoms with Crippen LogP contribution in [0.2, 0.25) is 5.02 Å². The summed E-state index contributed by atoms with van der Waals surface area (Å²) >= 11 is 6.39. The van der Waals surface area contributed by atoms with Crippen LogP contribution in [0.3, 0.4) is 0 Å². The summed E-state index contributed by atoms with van der Waals surface area (Å²) in [6.45, 7) is 0.157. The predicted octanol–water partition coefficient (Wildman–Crippen LogP) is 4.77. The van der Waals surface area contributed by atoms with Crippen molar-refractivity contribution < 1.29 is 14.0 Å². The maximum absolute atomic E-state index is 13.5. The molecule has 1 aromatic carbocycles. The zero-order valence-electron chi connectivity index (χ0n) is 17.0. The monoisotopic (exact) mass is 437 g/mol. The molecule has 6 nitrogen and oxygen atoms in total. The van der Waals surface area contributed by atoms with Crippen LogP contribution in [0.1, 0.15) is 53.4 Å². The lowest BCUT2D eigenvalue weighted by Crippen LogP contribution is -2.45.